The fourth-order valence-corrected chi connectivity index (χ4v) is 2.53. The van der Waals surface area contributed by atoms with Crippen LogP contribution in [-0.4, -0.2) is 0 Å². The monoisotopic (exact) mass is 293 g/mol. The molecule has 0 radical (unpaired) electrons. The van der Waals surface area contributed by atoms with Gasteiger partial charge in [0.1, 0.15) is 11.5 Å². The minimum Gasteiger partial charge on any atom is -0.464 e. The highest BCUT2D eigenvalue weighted by molar-refractivity contribution is 9.10. The molecule has 90 valence electrons. The quantitative estimate of drug-likeness (QED) is 0.930. The van der Waals surface area contributed by atoms with Crippen LogP contribution in [0.3, 0.4) is 0 Å². The second-order valence-corrected chi connectivity index (χ2v) is 5.01. The zero-order valence-electron chi connectivity index (χ0n) is 10.0. The van der Waals surface area contributed by atoms with Crippen molar-refractivity contribution in [2.75, 3.05) is 0 Å². The van der Waals surface area contributed by atoms with Crippen molar-refractivity contribution in [3.8, 4) is 0 Å². The number of nitrogens with two attached hydrogens (primary N) is 1. The van der Waals surface area contributed by atoms with Crippen LogP contribution in [0.25, 0.3) is 0 Å². The van der Waals surface area contributed by atoms with Crippen LogP contribution in [0.4, 0.5) is 0 Å². The Hall–Kier alpha value is -1.06. The van der Waals surface area contributed by atoms with Crippen molar-refractivity contribution in [3.63, 3.8) is 0 Å². The Balaban J connectivity index is 2.33. The Kier molecular flexibility index (Phi) is 3.69. The number of hydrogen-bond acceptors (Lipinski definition) is 2. The molecular formula is C14H16BrNO. The maximum Gasteiger partial charge on any atom is 0.125 e. The van der Waals surface area contributed by atoms with Crippen molar-refractivity contribution >= 4 is 15.9 Å². The molecule has 0 aliphatic carbocycles. The van der Waals surface area contributed by atoms with E-state index in [9.17, 15) is 0 Å². The summed E-state index contributed by atoms with van der Waals surface area (Å²) in [5.41, 5.74) is 8.47. The molecule has 2 N–H and O–H groups in total. The molecule has 0 spiro atoms. The summed E-state index contributed by atoms with van der Waals surface area (Å²) in [6, 6.07) is 9.89. The van der Waals surface area contributed by atoms with Crippen molar-refractivity contribution < 1.29 is 4.42 Å². The van der Waals surface area contributed by atoms with Crippen LogP contribution in [-0.2, 0) is 6.42 Å². The molecule has 1 aromatic carbocycles. The number of benzene rings is 1. The van der Waals surface area contributed by atoms with E-state index < -0.39 is 0 Å². The highest BCUT2D eigenvalue weighted by Gasteiger charge is 2.15. The van der Waals surface area contributed by atoms with Crippen LogP contribution < -0.4 is 5.73 Å². The van der Waals surface area contributed by atoms with Crippen LogP contribution in [0.1, 0.15) is 35.6 Å². The maximum absolute atomic E-state index is 6.21. The average molecular weight is 294 g/mol. The normalized spacial score (nSPS) is 12.7. The molecule has 0 bridgehead atoms. The summed E-state index contributed by atoms with van der Waals surface area (Å²) in [7, 11) is 0. The lowest BCUT2D eigenvalue weighted by molar-refractivity contribution is 0.453. The Labute approximate surface area is 110 Å². The molecule has 1 atom stereocenters. The molecule has 1 aromatic heterocycles. The zero-order valence-corrected chi connectivity index (χ0v) is 11.6. The van der Waals surface area contributed by atoms with Crippen LogP contribution >= 0.6 is 15.9 Å². The van der Waals surface area contributed by atoms with Crippen molar-refractivity contribution in [1.82, 2.24) is 0 Å². The third kappa shape index (κ3) is 2.61. The van der Waals surface area contributed by atoms with Crippen molar-refractivity contribution in [1.29, 1.82) is 0 Å². The SMILES string of the molecule is CCc1ccc(C(N)c2ccc(C)cc2Br)o1. The summed E-state index contributed by atoms with van der Waals surface area (Å²) in [6.07, 6.45) is 0.891. The first kappa shape index (κ1) is 12.4. The Morgan fingerprint density at radius 2 is 2.06 bits per heavy atom. The van der Waals surface area contributed by atoms with E-state index in [2.05, 4.69) is 41.9 Å². The minimum absolute atomic E-state index is 0.217. The predicted molar refractivity (Wildman–Crippen MR) is 73.0 cm³/mol. The molecule has 0 fully saturated rings. The van der Waals surface area contributed by atoms with Crippen LogP contribution in [0.15, 0.2) is 39.2 Å². The van der Waals surface area contributed by atoms with Gasteiger partial charge in [0.25, 0.3) is 0 Å². The third-order valence-corrected chi connectivity index (χ3v) is 3.52. The van der Waals surface area contributed by atoms with Crippen molar-refractivity contribution in [3.05, 3.63) is 57.5 Å². The van der Waals surface area contributed by atoms with Gasteiger partial charge in [0.15, 0.2) is 0 Å². The summed E-state index contributed by atoms with van der Waals surface area (Å²) in [5, 5.41) is 0. The van der Waals surface area contributed by atoms with Crippen LogP contribution in [0, 0.1) is 6.92 Å². The van der Waals surface area contributed by atoms with Gasteiger partial charge in [-0.15, -0.1) is 0 Å². The lowest BCUT2D eigenvalue weighted by Gasteiger charge is -2.12. The van der Waals surface area contributed by atoms with Gasteiger partial charge in [0, 0.05) is 10.9 Å². The summed E-state index contributed by atoms with van der Waals surface area (Å²) in [5.74, 6) is 1.78. The van der Waals surface area contributed by atoms with E-state index in [1.165, 1.54) is 5.56 Å². The third-order valence-electron chi connectivity index (χ3n) is 2.83. The lowest BCUT2D eigenvalue weighted by Crippen LogP contribution is -2.11. The lowest BCUT2D eigenvalue weighted by atomic mass is 10.0. The van der Waals surface area contributed by atoms with Gasteiger partial charge in [0.05, 0.1) is 6.04 Å². The van der Waals surface area contributed by atoms with E-state index in [1.807, 2.05) is 18.2 Å². The van der Waals surface area contributed by atoms with Crippen LogP contribution in [0.2, 0.25) is 0 Å². The topological polar surface area (TPSA) is 39.2 Å². The first-order valence-corrected chi connectivity index (χ1v) is 6.51. The van der Waals surface area contributed by atoms with E-state index in [4.69, 9.17) is 10.2 Å². The van der Waals surface area contributed by atoms with Gasteiger partial charge in [0.2, 0.25) is 0 Å². The van der Waals surface area contributed by atoms with E-state index in [0.29, 0.717) is 0 Å². The average Bonchev–Trinajstić information content (AvgIpc) is 2.76. The number of aryl methyl sites for hydroxylation is 2. The maximum atomic E-state index is 6.21. The van der Waals surface area contributed by atoms with Gasteiger partial charge in [-0.05, 0) is 36.2 Å². The molecule has 2 nitrogen and oxygen atoms in total. The van der Waals surface area contributed by atoms with Gasteiger partial charge < -0.3 is 10.2 Å². The van der Waals surface area contributed by atoms with Crippen LogP contribution in [0.5, 0.6) is 0 Å². The van der Waals surface area contributed by atoms with Gasteiger partial charge in [-0.1, -0.05) is 35.0 Å². The summed E-state index contributed by atoms with van der Waals surface area (Å²) < 4.78 is 6.72. The number of halogens is 1. The molecular weight excluding hydrogens is 278 g/mol. The second-order valence-electron chi connectivity index (χ2n) is 4.16. The Morgan fingerprint density at radius 1 is 1.29 bits per heavy atom. The smallest absolute Gasteiger partial charge is 0.125 e. The molecule has 0 saturated heterocycles. The molecule has 3 heteroatoms. The number of rotatable bonds is 3. The highest BCUT2D eigenvalue weighted by Crippen LogP contribution is 2.28. The van der Waals surface area contributed by atoms with Gasteiger partial charge in [-0.2, -0.15) is 0 Å². The number of hydrogen-bond donors (Lipinski definition) is 1. The zero-order chi connectivity index (χ0) is 12.4. The van der Waals surface area contributed by atoms with Crippen molar-refractivity contribution in [2.24, 2.45) is 5.73 Å². The summed E-state index contributed by atoms with van der Waals surface area (Å²) >= 11 is 3.55. The van der Waals surface area contributed by atoms with Gasteiger partial charge >= 0.3 is 0 Å². The number of furan rings is 1. The fraction of sp³-hybridized carbons (Fsp3) is 0.286. The molecule has 2 aromatic rings. The molecule has 2 rings (SSSR count). The molecule has 1 unspecified atom stereocenters. The van der Waals surface area contributed by atoms with E-state index in [1.54, 1.807) is 0 Å². The Morgan fingerprint density at radius 3 is 2.65 bits per heavy atom. The first-order chi connectivity index (χ1) is 8.11. The minimum atomic E-state index is -0.217. The predicted octanol–water partition coefficient (Wildman–Crippen LogP) is 3.96. The standard InChI is InChI=1S/C14H16BrNO/c1-3-10-5-7-13(17-10)14(16)11-6-4-9(2)8-12(11)15/h4-8,14H,3,16H2,1-2H3. The molecule has 0 amide bonds. The Bertz CT molecular complexity index is 519. The summed E-state index contributed by atoms with van der Waals surface area (Å²) in [6.45, 7) is 4.12. The van der Waals surface area contributed by atoms with E-state index in [-0.39, 0.29) is 6.04 Å². The molecule has 0 aliphatic rings. The molecule has 0 saturated carbocycles. The highest BCUT2D eigenvalue weighted by atomic mass is 79.9. The van der Waals surface area contributed by atoms with Crippen molar-refractivity contribution in [2.45, 2.75) is 26.3 Å². The molecule has 1 heterocycles. The fourth-order valence-electron chi connectivity index (χ4n) is 1.79. The molecule has 17 heavy (non-hydrogen) atoms. The van der Waals surface area contributed by atoms with E-state index in [0.717, 1.165) is 28.0 Å². The van der Waals surface area contributed by atoms with E-state index >= 15 is 0 Å². The van der Waals surface area contributed by atoms with Gasteiger partial charge in [-0.25, -0.2) is 0 Å². The van der Waals surface area contributed by atoms with Gasteiger partial charge in [-0.3, -0.25) is 0 Å². The molecule has 0 aliphatic heterocycles. The second kappa shape index (κ2) is 5.07. The first-order valence-electron chi connectivity index (χ1n) is 5.72. The summed E-state index contributed by atoms with van der Waals surface area (Å²) in [4.78, 5) is 0. The largest absolute Gasteiger partial charge is 0.464 e.